The zero-order valence-electron chi connectivity index (χ0n) is 10.1. The molecular formula is C15H11N3O. The Hall–Kier alpha value is -2.80. The van der Waals surface area contributed by atoms with Crippen LogP contribution in [0.1, 0.15) is 5.56 Å². The van der Waals surface area contributed by atoms with E-state index >= 15 is 0 Å². The monoisotopic (exact) mass is 249 g/mol. The fourth-order valence-electron chi connectivity index (χ4n) is 2.20. The standard InChI is InChI=1S/C15H11N3O/c16-9-11-4-3-5-12(8-11)18-14-7-2-1-6-13(14)17-10-15(18)19/h1-8,17H,10H2. The lowest BCUT2D eigenvalue weighted by molar-refractivity contribution is -0.116. The van der Waals surface area contributed by atoms with Crippen LogP contribution < -0.4 is 10.2 Å². The Bertz CT molecular complexity index is 688. The van der Waals surface area contributed by atoms with Gasteiger partial charge >= 0.3 is 0 Å². The number of rotatable bonds is 1. The van der Waals surface area contributed by atoms with Gasteiger partial charge in [-0.3, -0.25) is 9.69 Å². The molecule has 0 saturated heterocycles. The van der Waals surface area contributed by atoms with Gasteiger partial charge in [0.05, 0.1) is 35.2 Å². The van der Waals surface area contributed by atoms with Gasteiger partial charge in [0.1, 0.15) is 0 Å². The summed E-state index contributed by atoms with van der Waals surface area (Å²) in [5.74, 6) is -0.0335. The van der Waals surface area contributed by atoms with Crippen LogP contribution in [0.4, 0.5) is 17.1 Å². The average Bonchev–Trinajstić information content (AvgIpc) is 2.47. The number of fused-ring (bicyclic) bond motifs is 1. The first-order valence-electron chi connectivity index (χ1n) is 5.95. The Morgan fingerprint density at radius 3 is 2.84 bits per heavy atom. The second-order valence-corrected chi connectivity index (χ2v) is 4.26. The molecule has 19 heavy (non-hydrogen) atoms. The Morgan fingerprint density at radius 2 is 2.00 bits per heavy atom. The molecule has 0 spiro atoms. The second-order valence-electron chi connectivity index (χ2n) is 4.26. The molecule has 4 nitrogen and oxygen atoms in total. The summed E-state index contributed by atoms with van der Waals surface area (Å²) >= 11 is 0. The minimum atomic E-state index is -0.0335. The molecule has 1 aliphatic heterocycles. The first-order chi connectivity index (χ1) is 9.29. The Morgan fingerprint density at radius 1 is 1.16 bits per heavy atom. The first-order valence-corrected chi connectivity index (χ1v) is 5.95. The number of hydrogen-bond donors (Lipinski definition) is 1. The molecule has 1 heterocycles. The summed E-state index contributed by atoms with van der Waals surface area (Å²) in [6.07, 6.45) is 0. The third-order valence-corrected chi connectivity index (χ3v) is 3.06. The molecule has 0 radical (unpaired) electrons. The summed E-state index contributed by atoms with van der Waals surface area (Å²) in [7, 11) is 0. The van der Waals surface area contributed by atoms with Crippen molar-refractivity contribution in [3.8, 4) is 6.07 Å². The number of anilines is 3. The van der Waals surface area contributed by atoms with Gasteiger partial charge in [-0.05, 0) is 30.3 Å². The summed E-state index contributed by atoms with van der Waals surface area (Å²) in [6.45, 7) is 0.258. The van der Waals surface area contributed by atoms with Crippen molar-refractivity contribution in [3.05, 3.63) is 54.1 Å². The molecule has 0 saturated carbocycles. The van der Waals surface area contributed by atoms with Crippen molar-refractivity contribution in [2.45, 2.75) is 0 Å². The molecule has 1 aliphatic rings. The van der Waals surface area contributed by atoms with E-state index in [1.807, 2.05) is 30.3 Å². The molecule has 3 rings (SSSR count). The van der Waals surface area contributed by atoms with Gasteiger partial charge in [0.25, 0.3) is 5.91 Å². The van der Waals surface area contributed by atoms with E-state index in [1.54, 1.807) is 23.1 Å². The highest BCUT2D eigenvalue weighted by molar-refractivity contribution is 6.08. The average molecular weight is 249 g/mol. The fraction of sp³-hybridized carbons (Fsp3) is 0.0667. The van der Waals surface area contributed by atoms with Crippen LogP contribution in [-0.2, 0) is 4.79 Å². The van der Waals surface area contributed by atoms with E-state index in [9.17, 15) is 4.79 Å². The lowest BCUT2D eigenvalue weighted by Gasteiger charge is -2.30. The van der Waals surface area contributed by atoms with Crippen molar-refractivity contribution in [3.63, 3.8) is 0 Å². The van der Waals surface area contributed by atoms with Crippen LogP contribution in [0.25, 0.3) is 0 Å². The molecule has 92 valence electrons. The van der Waals surface area contributed by atoms with Crippen LogP contribution in [0.15, 0.2) is 48.5 Å². The normalized spacial score (nSPS) is 13.4. The number of nitrogens with one attached hydrogen (secondary N) is 1. The van der Waals surface area contributed by atoms with E-state index in [1.165, 1.54) is 0 Å². The number of nitriles is 1. The quantitative estimate of drug-likeness (QED) is 0.845. The van der Waals surface area contributed by atoms with Crippen LogP contribution in [-0.4, -0.2) is 12.5 Å². The summed E-state index contributed by atoms with van der Waals surface area (Å²) in [6, 6.07) is 16.8. The van der Waals surface area contributed by atoms with Crippen LogP contribution in [0.5, 0.6) is 0 Å². The van der Waals surface area contributed by atoms with Crippen molar-refractivity contribution in [1.29, 1.82) is 5.26 Å². The van der Waals surface area contributed by atoms with E-state index in [0.717, 1.165) is 17.1 Å². The van der Waals surface area contributed by atoms with Gasteiger partial charge in [-0.1, -0.05) is 18.2 Å². The van der Waals surface area contributed by atoms with Crippen LogP contribution in [0.3, 0.4) is 0 Å². The van der Waals surface area contributed by atoms with Gasteiger partial charge in [-0.15, -0.1) is 0 Å². The van der Waals surface area contributed by atoms with Crippen molar-refractivity contribution >= 4 is 23.0 Å². The third-order valence-electron chi connectivity index (χ3n) is 3.06. The topological polar surface area (TPSA) is 56.1 Å². The van der Waals surface area contributed by atoms with Crippen molar-refractivity contribution in [1.82, 2.24) is 0 Å². The zero-order valence-corrected chi connectivity index (χ0v) is 10.1. The number of carbonyl (C=O) groups is 1. The highest BCUT2D eigenvalue weighted by atomic mass is 16.2. The molecule has 0 fully saturated rings. The summed E-state index contributed by atoms with van der Waals surface area (Å²) in [4.78, 5) is 13.8. The summed E-state index contributed by atoms with van der Waals surface area (Å²) in [5, 5.41) is 12.0. The highest BCUT2D eigenvalue weighted by Gasteiger charge is 2.24. The molecule has 0 atom stereocenters. The smallest absolute Gasteiger partial charge is 0.250 e. The fourth-order valence-corrected chi connectivity index (χ4v) is 2.20. The number of para-hydroxylation sites is 2. The van der Waals surface area contributed by atoms with E-state index in [4.69, 9.17) is 5.26 Å². The van der Waals surface area contributed by atoms with Crippen LogP contribution in [0.2, 0.25) is 0 Å². The van der Waals surface area contributed by atoms with Gasteiger partial charge in [0.2, 0.25) is 0 Å². The van der Waals surface area contributed by atoms with E-state index in [-0.39, 0.29) is 12.5 Å². The second kappa shape index (κ2) is 4.46. The maximum absolute atomic E-state index is 12.1. The molecule has 0 aromatic heterocycles. The molecule has 4 heteroatoms. The van der Waals surface area contributed by atoms with Gasteiger partial charge in [0.15, 0.2) is 0 Å². The van der Waals surface area contributed by atoms with E-state index < -0.39 is 0 Å². The van der Waals surface area contributed by atoms with E-state index in [2.05, 4.69) is 11.4 Å². The maximum Gasteiger partial charge on any atom is 0.250 e. The molecule has 2 aromatic carbocycles. The van der Waals surface area contributed by atoms with Crippen molar-refractivity contribution in [2.75, 3.05) is 16.8 Å². The van der Waals surface area contributed by atoms with Gasteiger partial charge in [-0.25, -0.2) is 0 Å². The van der Waals surface area contributed by atoms with Crippen molar-refractivity contribution < 1.29 is 4.79 Å². The Balaban J connectivity index is 2.13. The summed E-state index contributed by atoms with van der Waals surface area (Å²) in [5.41, 5.74) is 3.00. The minimum Gasteiger partial charge on any atom is -0.374 e. The summed E-state index contributed by atoms with van der Waals surface area (Å²) < 4.78 is 0. The minimum absolute atomic E-state index is 0.0335. The zero-order chi connectivity index (χ0) is 13.2. The number of nitrogens with zero attached hydrogens (tertiary/aromatic N) is 2. The molecule has 0 unspecified atom stereocenters. The first kappa shape index (κ1) is 11.3. The number of amides is 1. The largest absolute Gasteiger partial charge is 0.374 e. The SMILES string of the molecule is N#Cc1cccc(N2C(=O)CNc3ccccc32)c1. The molecular weight excluding hydrogens is 238 g/mol. The van der Waals surface area contributed by atoms with E-state index in [0.29, 0.717) is 5.56 Å². The van der Waals surface area contributed by atoms with Gasteiger partial charge in [-0.2, -0.15) is 5.26 Å². The predicted octanol–water partition coefficient (Wildman–Crippen LogP) is 2.65. The predicted molar refractivity (Wildman–Crippen MR) is 73.2 cm³/mol. The molecule has 0 aliphatic carbocycles. The van der Waals surface area contributed by atoms with Gasteiger partial charge in [0, 0.05) is 0 Å². The Kier molecular flexibility index (Phi) is 2.66. The molecule has 0 bridgehead atoms. The lowest BCUT2D eigenvalue weighted by Crippen LogP contribution is -2.36. The Labute approximate surface area is 110 Å². The van der Waals surface area contributed by atoms with Crippen LogP contribution in [0, 0.1) is 11.3 Å². The van der Waals surface area contributed by atoms with Crippen LogP contribution >= 0.6 is 0 Å². The molecule has 2 aromatic rings. The third kappa shape index (κ3) is 1.91. The highest BCUT2D eigenvalue weighted by Crippen LogP contribution is 2.34. The van der Waals surface area contributed by atoms with Gasteiger partial charge < -0.3 is 5.32 Å². The molecule has 1 amide bonds. The number of hydrogen-bond acceptors (Lipinski definition) is 3. The maximum atomic E-state index is 12.1. The number of benzene rings is 2. The number of carbonyl (C=O) groups excluding carboxylic acids is 1. The molecule has 1 N–H and O–H groups in total. The van der Waals surface area contributed by atoms with Crippen molar-refractivity contribution in [2.24, 2.45) is 0 Å². The lowest BCUT2D eigenvalue weighted by atomic mass is 10.1.